The Balaban J connectivity index is 1.77. The topological polar surface area (TPSA) is 34.1 Å². The molecule has 3 saturated carbocycles. The van der Waals surface area contributed by atoms with Gasteiger partial charge in [-0.25, -0.2) is 0 Å². The van der Waals surface area contributed by atoms with E-state index in [1.54, 1.807) is 6.92 Å². The highest BCUT2D eigenvalue weighted by atomic mass is 79.9. The SMILES string of the molecule is CC(=O)[C@H]1CC[C@H]2[C@@H]3[C@H](C)C(Br)=C4CC(=O)CC[C@]4(C)[C@H]3CC[C@]12C. The summed E-state index contributed by atoms with van der Waals surface area (Å²) >= 11 is 3.94. The third-order valence-electron chi connectivity index (χ3n) is 8.89. The van der Waals surface area contributed by atoms with E-state index in [0.29, 0.717) is 41.7 Å². The molecule has 0 aromatic heterocycles. The molecule has 0 spiro atoms. The normalized spacial score (nSPS) is 49.5. The predicted molar refractivity (Wildman–Crippen MR) is 103 cm³/mol. The van der Waals surface area contributed by atoms with Gasteiger partial charge in [-0.05, 0) is 83.6 Å². The van der Waals surface area contributed by atoms with Crippen LogP contribution in [0.3, 0.4) is 0 Å². The van der Waals surface area contributed by atoms with Gasteiger partial charge in [-0.3, -0.25) is 9.59 Å². The molecule has 0 bridgehead atoms. The Bertz CT molecular complexity index is 665. The van der Waals surface area contributed by atoms with Gasteiger partial charge in [0, 0.05) is 18.8 Å². The Morgan fingerprint density at radius 3 is 2.52 bits per heavy atom. The standard InChI is InChI=1S/C22H31BrO2/c1-12-19-16-6-5-15(13(2)24)21(16,3)10-8-17(19)22(4)9-7-14(25)11-18(22)20(12)23/h12,15-17,19H,5-11H2,1-4H3/t12-,15+,16-,17-,19-,21+,22+/m0/s1. The largest absolute Gasteiger partial charge is 0.300 e. The summed E-state index contributed by atoms with van der Waals surface area (Å²) in [4.78, 5) is 24.4. The molecule has 0 aromatic rings. The van der Waals surface area contributed by atoms with Crippen LogP contribution < -0.4 is 0 Å². The first kappa shape index (κ1) is 17.9. The Morgan fingerprint density at radius 2 is 1.84 bits per heavy atom. The first-order chi connectivity index (χ1) is 11.7. The van der Waals surface area contributed by atoms with Crippen LogP contribution in [0.4, 0.5) is 0 Å². The summed E-state index contributed by atoms with van der Waals surface area (Å²) in [5.41, 5.74) is 1.77. The highest BCUT2D eigenvalue weighted by molar-refractivity contribution is 9.11. The number of allylic oxidation sites excluding steroid dienone is 2. The maximum Gasteiger partial charge on any atom is 0.137 e. The van der Waals surface area contributed by atoms with Gasteiger partial charge < -0.3 is 0 Å². The van der Waals surface area contributed by atoms with Crippen molar-refractivity contribution in [2.24, 2.45) is 40.4 Å². The minimum Gasteiger partial charge on any atom is -0.300 e. The van der Waals surface area contributed by atoms with Crippen molar-refractivity contribution in [3.05, 3.63) is 10.1 Å². The van der Waals surface area contributed by atoms with Gasteiger partial charge in [0.1, 0.15) is 11.6 Å². The van der Waals surface area contributed by atoms with Crippen LogP contribution in [0.1, 0.15) is 72.6 Å². The highest BCUT2D eigenvalue weighted by Gasteiger charge is 2.61. The summed E-state index contributed by atoms with van der Waals surface area (Å²) in [5.74, 6) is 3.53. The summed E-state index contributed by atoms with van der Waals surface area (Å²) in [6.45, 7) is 9.00. The van der Waals surface area contributed by atoms with Crippen molar-refractivity contribution >= 4 is 27.5 Å². The Morgan fingerprint density at radius 1 is 1.12 bits per heavy atom. The number of carbonyl (C=O) groups excluding carboxylic acids is 2. The lowest BCUT2D eigenvalue weighted by Crippen LogP contribution is -2.53. The number of fused-ring (bicyclic) bond motifs is 5. The first-order valence-electron chi connectivity index (χ1n) is 10.1. The molecule has 3 fully saturated rings. The van der Waals surface area contributed by atoms with E-state index >= 15 is 0 Å². The zero-order valence-electron chi connectivity index (χ0n) is 16.0. The highest BCUT2D eigenvalue weighted by Crippen LogP contribution is 2.68. The van der Waals surface area contributed by atoms with Crippen molar-refractivity contribution in [3.63, 3.8) is 0 Å². The van der Waals surface area contributed by atoms with Gasteiger partial charge in [0.2, 0.25) is 0 Å². The van der Waals surface area contributed by atoms with Gasteiger partial charge in [-0.15, -0.1) is 0 Å². The number of hydrogen-bond donors (Lipinski definition) is 0. The average molecular weight is 407 g/mol. The van der Waals surface area contributed by atoms with Crippen molar-refractivity contribution in [3.8, 4) is 0 Å². The molecule has 4 rings (SSSR count). The molecule has 0 saturated heterocycles. The van der Waals surface area contributed by atoms with Crippen LogP contribution in [-0.2, 0) is 9.59 Å². The van der Waals surface area contributed by atoms with Crippen molar-refractivity contribution in [2.45, 2.75) is 72.6 Å². The summed E-state index contributed by atoms with van der Waals surface area (Å²) in [5, 5.41) is 0. The Hall–Kier alpha value is -0.440. The molecule has 4 aliphatic rings. The van der Waals surface area contributed by atoms with Crippen molar-refractivity contribution < 1.29 is 9.59 Å². The summed E-state index contributed by atoms with van der Waals surface area (Å²) in [6.07, 6.45) is 7.11. The second kappa shape index (κ2) is 5.78. The van der Waals surface area contributed by atoms with Crippen LogP contribution in [0.15, 0.2) is 10.1 Å². The van der Waals surface area contributed by atoms with E-state index in [4.69, 9.17) is 0 Å². The van der Waals surface area contributed by atoms with E-state index < -0.39 is 0 Å². The fourth-order valence-corrected chi connectivity index (χ4v) is 8.45. The zero-order chi connectivity index (χ0) is 18.1. The van der Waals surface area contributed by atoms with Gasteiger partial charge in [-0.1, -0.05) is 36.7 Å². The molecule has 138 valence electrons. The van der Waals surface area contributed by atoms with E-state index in [0.717, 1.165) is 19.3 Å². The maximum atomic E-state index is 12.3. The van der Waals surface area contributed by atoms with Gasteiger partial charge in [-0.2, -0.15) is 0 Å². The lowest BCUT2D eigenvalue weighted by atomic mass is 9.45. The van der Waals surface area contributed by atoms with E-state index in [2.05, 4.69) is 36.7 Å². The molecule has 0 amide bonds. The second-order valence-corrected chi connectivity index (χ2v) is 10.7. The molecule has 0 heterocycles. The molecule has 0 unspecified atom stereocenters. The third kappa shape index (κ3) is 2.33. The van der Waals surface area contributed by atoms with Gasteiger partial charge in [0.25, 0.3) is 0 Å². The summed E-state index contributed by atoms with van der Waals surface area (Å²) < 4.78 is 1.32. The quantitative estimate of drug-likeness (QED) is 0.559. The third-order valence-corrected chi connectivity index (χ3v) is 10.1. The van der Waals surface area contributed by atoms with Crippen molar-refractivity contribution in [1.82, 2.24) is 0 Å². The maximum absolute atomic E-state index is 12.3. The number of ketones is 2. The molecule has 0 radical (unpaired) electrons. The van der Waals surface area contributed by atoms with Crippen LogP contribution in [0, 0.1) is 40.4 Å². The van der Waals surface area contributed by atoms with E-state index in [1.807, 2.05) is 0 Å². The molecule has 0 aliphatic heterocycles. The van der Waals surface area contributed by atoms with E-state index in [9.17, 15) is 9.59 Å². The molecule has 7 atom stereocenters. The lowest BCUT2D eigenvalue weighted by Gasteiger charge is -2.59. The van der Waals surface area contributed by atoms with Crippen LogP contribution in [0.5, 0.6) is 0 Å². The number of hydrogen-bond acceptors (Lipinski definition) is 2. The molecular formula is C22H31BrO2. The fourth-order valence-electron chi connectivity index (χ4n) is 7.55. The van der Waals surface area contributed by atoms with E-state index in [1.165, 1.54) is 29.3 Å². The molecular weight excluding hydrogens is 376 g/mol. The number of carbonyl (C=O) groups is 2. The Kier molecular flexibility index (Phi) is 4.15. The monoisotopic (exact) mass is 406 g/mol. The van der Waals surface area contributed by atoms with Crippen LogP contribution in [0.25, 0.3) is 0 Å². The second-order valence-electron chi connectivity index (χ2n) is 9.82. The van der Waals surface area contributed by atoms with E-state index in [-0.39, 0.29) is 16.7 Å². The smallest absolute Gasteiger partial charge is 0.137 e. The Labute approximate surface area is 160 Å². The van der Waals surface area contributed by atoms with Crippen LogP contribution in [-0.4, -0.2) is 11.6 Å². The molecule has 0 aromatic carbocycles. The molecule has 2 nitrogen and oxygen atoms in total. The summed E-state index contributed by atoms with van der Waals surface area (Å²) in [7, 11) is 0. The summed E-state index contributed by atoms with van der Waals surface area (Å²) in [6, 6.07) is 0. The van der Waals surface area contributed by atoms with Gasteiger partial charge >= 0.3 is 0 Å². The molecule has 3 heteroatoms. The predicted octanol–water partition coefficient (Wildman–Crippen LogP) is 5.69. The minimum atomic E-state index is 0.180. The van der Waals surface area contributed by atoms with Crippen molar-refractivity contribution in [2.75, 3.05) is 0 Å². The lowest BCUT2D eigenvalue weighted by molar-refractivity contribution is -0.130. The zero-order valence-corrected chi connectivity index (χ0v) is 17.6. The van der Waals surface area contributed by atoms with Gasteiger partial charge in [0.05, 0.1) is 0 Å². The first-order valence-corrected chi connectivity index (χ1v) is 10.9. The van der Waals surface area contributed by atoms with Crippen molar-refractivity contribution in [1.29, 1.82) is 0 Å². The number of rotatable bonds is 1. The van der Waals surface area contributed by atoms with Gasteiger partial charge in [0.15, 0.2) is 0 Å². The van der Waals surface area contributed by atoms with Crippen LogP contribution >= 0.6 is 15.9 Å². The molecule has 4 aliphatic carbocycles. The molecule has 25 heavy (non-hydrogen) atoms. The minimum absolute atomic E-state index is 0.180. The number of Topliss-reactive ketones (excluding diaryl/α,β-unsaturated/α-hetero) is 2. The van der Waals surface area contributed by atoms with Crippen LogP contribution in [0.2, 0.25) is 0 Å². The molecule has 0 N–H and O–H groups in total. The average Bonchev–Trinajstić information content (AvgIpc) is 2.91. The number of halogens is 1. The fraction of sp³-hybridized carbons (Fsp3) is 0.818.